The van der Waals surface area contributed by atoms with E-state index in [1.54, 1.807) is 37.2 Å². The molecular formula is C32H42ClN9O2. The summed E-state index contributed by atoms with van der Waals surface area (Å²) in [6.45, 7) is 7.34. The number of carbonyl (C=O) groups is 1. The largest absolute Gasteiger partial charge is 0.494 e. The minimum absolute atomic E-state index is 0.0657. The van der Waals surface area contributed by atoms with Crippen LogP contribution in [0.15, 0.2) is 42.6 Å². The number of para-hydroxylation sites is 1. The van der Waals surface area contributed by atoms with Gasteiger partial charge in [0.15, 0.2) is 5.82 Å². The second kappa shape index (κ2) is 13.1. The number of piperidine rings is 1. The number of fused-ring (bicyclic) bond motifs is 1. The average Bonchev–Trinajstić information content (AvgIpc) is 3.48. The van der Waals surface area contributed by atoms with Crippen LogP contribution in [0.5, 0.6) is 5.75 Å². The number of hydrogen-bond acceptors (Lipinski definition) is 9. The molecule has 0 saturated carbocycles. The number of rotatable bonds is 7. The molecule has 2 fully saturated rings. The van der Waals surface area contributed by atoms with Crippen LogP contribution in [0, 0.1) is 0 Å². The van der Waals surface area contributed by atoms with E-state index in [1.165, 1.54) is 25.9 Å². The number of benzene rings is 2. The summed E-state index contributed by atoms with van der Waals surface area (Å²) in [6, 6.07) is 12.8. The van der Waals surface area contributed by atoms with Crippen LogP contribution in [0.2, 0.25) is 5.02 Å². The highest BCUT2D eigenvalue weighted by Gasteiger charge is 2.29. The summed E-state index contributed by atoms with van der Waals surface area (Å²) in [5, 5.41) is 7.04. The number of amides is 2. The van der Waals surface area contributed by atoms with Crippen molar-refractivity contribution < 1.29 is 9.53 Å². The van der Waals surface area contributed by atoms with Crippen molar-refractivity contribution in [3.63, 3.8) is 0 Å². The van der Waals surface area contributed by atoms with E-state index < -0.39 is 0 Å². The van der Waals surface area contributed by atoms with E-state index in [-0.39, 0.29) is 6.03 Å². The van der Waals surface area contributed by atoms with Crippen molar-refractivity contribution in [1.29, 1.82) is 0 Å². The number of anilines is 6. The smallest absolute Gasteiger partial charge is 0.324 e. The number of halogens is 1. The SMILES string of the molecule is COc1cc(N2CCC(N3CCN(C)CC3)CC2)ccc1Nc1ncc(Cl)c(Nc2cccc3c2N(C(=O)N(C)C)CC3)n1. The van der Waals surface area contributed by atoms with Gasteiger partial charge in [0.25, 0.3) is 0 Å². The van der Waals surface area contributed by atoms with Gasteiger partial charge in [-0.25, -0.2) is 9.78 Å². The molecule has 6 rings (SSSR count). The third-order valence-corrected chi connectivity index (χ3v) is 9.20. The van der Waals surface area contributed by atoms with E-state index in [0.717, 1.165) is 66.7 Å². The number of piperazine rings is 1. The predicted molar refractivity (Wildman–Crippen MR) is 177 cm³/mol. The lowest BCUT2D eigenvalue weighted by molar-refractivity contribution is 0.0982. The number of methoxy groups -OCH3 is 1. The monoisotopic (exact) mass is 619 g/mol. The highest BCUT2D eigenvalue weighted by Crippen LogP contribution is 2.39. The number of nitrogens with one attached hydrogen (secondary N) is 2. The van der Waals surface area contributed by atoms with Crippen LogP contribution in [-0.4, -0.2) is 111 Å². The Balaban J connectivity index is 1.15. The van der Waals surface area contributed by atoms with Gasteiger partial charge in [-0.2, -0.15) is 4.98 Å². The van der Waals surface area contributed by atoms with Gasteiger partial charge in [0, 0.05) is 77.7 Å². The molecule has 2 amide bonds. The molecule has 0 bridgehead atoms. The number of hydrogen-bond donors (Lipinski definition) is 2. The number of urea groups is 1. The zero-order valence-electron chi connectivity index (χ0n) is 26.0. The van der Waals surface area contributed by atoms with Crippen LogP contribution in [0.1, 0.15) is 18.4 Å². The number of likely N-dealkylation sites (N-methyl/N-ethyl adjacent to an activating group) is 1. The van der Waals surface area contributed by atoms with Gasteiger partial charge in [-0.3, -0.25) is 9.80 Å². The lowest BCUT2D eigenvalue weighted by atomic mass is 10.0. The predicted octanol–water partition coefficient (Wildman–Crippen LogP) is 4.89. The van der Waals surface area contributed by atoms with Crippen molar-refractivity contribution in [2.75, 3.05) is 94.5 Å². The molecule has 1 aromatic heterocycles. The molecule has 44 heavy (non-hydrogen) atoms. The first kappa shape index (κ1) is 30.2. The van der Waals surface area contributed by atoms with E-state index in [1.807, 2.05) is 24.3 Å². The molecule has 2 aromatic carbocycles. The maximum absolute atomic E-state index is 12.9. The van der Waals surface area contributed by atoms with Crippen LogP contribution in [0.25, 0.3) is 0 Å². The molecule has 0 aliphatic carbocycles. The van der Waals surface area contributed by atoms with Crippen LogP contribution >= 0.6 is 11.6 Å². The Morgan fingerprint density at radius 1 is 1.00 bits per heavy atom. The van der Waals surface area contributed by atoms with Gasteiger partial charge in [-0.1, -0.05) is 23.7 Å². The highest BCUT2D eigenvalue weighted by atomic mass is 35.5. The second-order valence-corrected chi connectivity index (χ2v) is 12.4. The molecule has 2 N–H and O–H groups in total. The number of nitrogens with zero attached hydrogens (tertiary/aromatic N) is 7. The molecule has 0 atom stereocenters. The highest BCUT2D eigenvalue weighted by molar-refractivity contribution is 6.33. The van der Waals surface area contributed by atoms with Crippen molar-refractivity contribution in [3.05, 3.63) is 53.2 Å². The van der Waals surface area contributed by atoms with Crippen molar-refractivity contribution in [2.24, 2.45) is 0 Å². The summed E-state index contributed by atoms with van der Waals surface area (Å²) in [5.41, 5.74) is 4.63. The first-order valence-corrected chi connectivity index (χ1v) is 15.7. The van der Waals surface area contributed by atoms with Crippen LogP contribution in [-0.2, 0) is 6.42 Å². The normalized spacial score (nSPS) is 17.8. The quantitative estimate of drug-likeness (QED) is 0.384. The summed E-state index contributed by atoms with van der Waals surface area (Å²) >= 11 is 6.54. The van der Waals surface area contributed by atoms with Gasteiger partial charge in [0.1, 0.15) is 10.8 Å². The molecule has 0 spiro atoms. The van der Waals surface area contributed by atoms with Gasteiger partial charge in [0.2, 0.25) is 5.95 Å². The van der Waals surface area contributed by atoms with Crippen LogP contribution in [0.3, 0.4) is 0 Å². The maximum atomic E-state index is 12.9. The van der Waals surface area contributed by atoms with Crippen molar-refractivity contribution >= 4 is 52.1 Å². The maximum Gasteiger partial charge on any atom is 0.324 e. The van der Waals surface area contributed by atoms with E-state index in [0.29, 0.717) is 29.4 Å². The Morgan fingerprint density at radius 2 is 1.77 bits per heavy atom. The Labute approximate surface area is 264 Å². The molecule has 3 aliphatic heterocycles. The fourth-order valence-electron chi connectivity index (χ4n) is 6.41. The zero-order chi connectivity index (χ0) is 30.8. The molecule has 3 aliphatic rings. The minimum Gasteiger partial charge on any atom is -0.494 e. The summed E-state index contributed by atoms with van der Waals surface area (Å²) in [5.74, 6) is 1.54. The molecule has 2 saturated heterocycles. The molecule has 11 nitrogen and oxygen atoms in total. The first-order valence-electron chi connectivity index (χ1n) is 15.3. The Hall–Kier alpha value is -3.80. The third kappa shape index (κ3) is 6.36. The Kier molecular flexibility index (Phi) is 8.97. The molecule has 4 heterocycles. The first-order chi connectivity index (χ1) is 21.3. The number of carbonyl (C=O) groups excluding carboxylic acids is 1. The van der Waals surface area contributed by atoms with Gasteiger partial charge in [0.05, 0.1) is 30.4 Å². The van der Waals surface area contributed by atoms with Gasteiger partial charge >= 0.3 is 6.03 Å². The van der Waals surface area contributed by atoms with Crippen molar-refractivity contribution in [2.45, 2.75) is 25.3 Å². The van der Waals surface area contributed by atoms with E-state index in [9.17, 15) is 4.79 Å². The standard InChI is InChI=1S/C32H42ClN9O2/c1-38(2)32(43)42-15-10-22-6-5-7-27(29(22)42)35-30-25(33)21-34-31(37-30)36-26-9-8-24(20-28(26)44-4)40-13-11-23(12-14-40)41-18-16-39(3)17-19-41/h5-9,20-21,23H,10-19H2,1-4H3,(H2,34,35,36,37). The molecule has 0 radical (unpaired) electrons. The van der Waals surface area contributed by atoms with Gasteiger partial charge in [-0.15, -0.1) is 0 Å². The van der Waals surface area contributed by atoms with E-state index in [2.05, 4.69) is 54.5 Å². The Morgan fingerprint density at radius 3 is 2.50 bits per heavy atom. The fraction of sp³-hybridized carbons (Fsp3) is 0.469. The third-order valence-electron chi connectivity index (χ3n) is 8.92. The summed E-state index contributed by atoms with van der Waals surface area (Å²) in [6.07, 6.45) is 4.70. The molecule has 0 unspecified atom stereocenters. The van der Waals surface area contributed by atoms with Crippen molar-refractivity contribution in [3.8, 4) is 5.75 Å². The van der Waals surface area contributed by atoms with E-state index >= 15 is 0 Å². The van der Waals surface area contributed by atoms with Crippen LogP contribution < -0.4 is 25.2 Å². The number of ether oxygens (including phenoxy) is 1. The average molecular weight is 620 g/mol. The number of aromatic nitrogens is 2. The fourth-order valence-corrected chi connectivity index (χ4v) is 6.55. The lowest BCUT2D eigenvalue weighted by Crippen LogP contribution is -2.52. The molecule has 234 valence electrons. The van der Waals surface area contributed by atoms with Crippen LogP contribution in [0.4, 0.5) is 39.3 Å². The molecule has 12 heteroatoms. The van der Waals surface area contributed by atoms with Gasteiger partial charge < -0.3 is 30.1 Å². The van der Waals surface area contributed by atoms with Gasteiger partial charge in [-0.05, 0) is 50.1 Å². The summed E-state index contributed by atoms with van der Waals surface area (Å²) in [7, 11) is 7.40. The molecule has 3 aromatic rings. The lowest BCUT2D eigenvalue weighted by Gasteiger charge is -2.42. The second-order valence-electron chi connectivity index (χ2n) is 12.0. The zero-order valence-corrected chi connectivity index (χ0v) is 26.8. The van der Waals surface area contributed by atoms with E-state index in [4.69, 9.17) is 16.3 Å². The van der Waals surface area contributed by atoms with Crippen molar-refractivity contribution in [1.82, 2.24) is 24.7 Å². The minimum atomic E-state index is -0.0657. The molecular weight excluding hydrogens is 578 g/mol. The Bertz CT molecular complexity index is 1490. The topological polar surface area (TPSA) is 92.3 Å². The summed E-state index contributed by atoms with van der Waals surface area (Å²) < 4.78 is 5.79. The summed E-state index contributed by atoms with van der Waals surface area (Å²) in [4.78, 5) is 32.9.